The standard InChI is InChI=1S/C9H14F2N2OS/c1-7(8-5-15-6-13-8)12-2-3-14-4-9(10)11/h5-7,9,12H,2-4H2,1H3. The molecule has 0 spiro atoms. The number of rotatable bonds is 7. The number of nitrogens with zero attached hydrogens (tertiary/aromatic N) is 1. The molecule has 0 fully saturated rings. The molecule has 1 atom stereocenters. The molecular weight excluding hydrogens is 222 g/mol. The fourth-order valence-electron chi connectivity index (χ4n) is 1.06. The fraction of sp³-hybridized carbons (Fsp3) is 0.667. The molecule has 1 N–H and O–H groups in total. The van der Waals surface area contributed by atoms with E-state index in [2.05, 4.69) is 10.3 Å². The summed E-state index contributed by atoms with van der Waals surface area (Å²) in [4.78, 5) is 4.14. The van der Waals surface area contributed by atoms with Gasteiger partial charge >= 0.3 is 0 Å². The largest absolute Gasteiger partial charge is 0.374 e. The lowest BCUT2D eigenvalue weighted by Crippen LogP contribution is -2.24. The molecule has 0 aliphatic heterocycles. The van der Waals surface area contributed by atoms with Crippen LogP contribution in [0.4, 0.5) is 8.78 Å². The number of alkyl halides is 2. The van der Waals surface area contributed by atoms with E-state index in [0.717, 1.165) is 5.69 Å². The van der Waals surface area contributed by atoms with Gasteiger partial charge in [-0.1, -0.05) is 0 Å². The van der Waals surface area contributed by atoms with E-state index in [0.29, 0.717) is 13.2 Å². The van der Waals surface area contributed by atoms with E-state index in [1.165, 1.54) is 11.3 Å². The molecule has 0 saturated heterocycles. The molecule has 15 heavy (non-hydrogen) atoms. The van der Waals surface area contributed by atoms with Gasteiger partial charge in [0.2, 0.25) is 0 Å². The van der Waals surface area contributed by atoms with Crippen LogP contribution in [0.3, 0.4) is 0 Å². The maximum atomic E-state index is 11.7. The SMILES string of the molecule is CC(NCCOCC(F)F)c1cscn1. The second-order valence-electron chi connectivity index (χ2n) is 3.06. The zero-order valence-electron chi connectivity index (χ0n) is 8.45. The van der Waals surface area contributed by atoms with E-state index in [1.807, 2.05) is 12.3 Å². The van der Waals surface area contributed by atoms with Crippen LogP contribution < -0.4 is 5.32 Å². The Kier molecular flexibility index (Phi) is 5.67. The van der Waals surface area contributed by atoms with E-state index in [1.54, 1.807) is 5.51 Å². The molecule has 0 aromatic carbocycles. The van der Waals surface area contributed by atoms with Crippen molar-refractivity contribution in [1.29, 1.82) is 0 Å². The van der Waals surface area contributed by atoms with Crippen molar-refractivity contribution in [1.82, 2.24) is 10.3 Å². The number of nitrogens with one attached hydrogen (secondary N) is 1. The Labute approximate surface area is 91.5 Å². The van der Waals surface area contributed by atoms with E-state index in [4.69, 9.17) is 4.74 Å². The van der Waals surface area contributed by atoms with E-state index in [-0.39, 0.29) is 6.04 Å². The molecule has 0 amide bonds. The Morgan fingerprint density at radius 1 is 1.60 bits per heavy atom. The first-order valence-electron chi connectivity index (χ1n) is 4.67. The number of hydrogen-bond acceptors (Lipinski definition) is 4. The van der Waals surface area contributed by atoms with Crippen molar-refractivity contribution in [3.8, 4) is 0 Å². The summed E-state index contributed by atoms with van der Waals surface area (Å²) in [5.41, 5.74) is 2.73. The van der Waals surface area contributed by atoms with Crippen LogP contribution in [0.25, 0.3) is 0 Å². The maximum Gasteiger partial charge on any atom is 0.261 e. The van der Waals surface area contributed by atoms with Crippen molar-refractivity contribution in [3.63, 3.8) is 0 Å². The first-order valence-corrected chi connectivity index (χ1v) is 5.61. The molecule has 1 aromatic heterocycles. The van der Waals surface area contributed by atoms with Gasteiger partial charge in [0.1, 0.15) is 6.61 Å². The molecule has 6 heteroatoms. The highest BCUT2D eigenvalue weighted by Gasteiger charge is 2.06. The Balaban J connectivity index is 2.05. The Hall–Kier alpha value is -0.590. The smallest absolute Gasteiger partial charge is 0.261 e. The van der Waals surface area contributed by atoms with Gasteiger partial charge in [-0.2, -0.15) is 0 Å². The maximum absolute atomic E-state index is 11.7. The summed E-state index contributed by atoms with van der Waals surface area (Å²) in [6.45, 7) is 2.32. The molecule has 3 nitrogen and oxygen atoms in total. The minimum Gasteiger partial charge on any atom is -0.374 e. The monoisotopic (exact) mass is 236 g/mol. The van der Waals surface area contributed by atoms with Gasteiger partial charge in [-0.3, -0.25) is 0 Å². The van der Waals surface area contributed by atoms with Crippen LogP contribution in [0, 0.1) is 0 Å². The van der Waals surface area contributed by atoms with Crippen molar-refractivity contribution >= 4 is 11.3 Å². The molecule has 0 bridgehead atoms. The van der Waals surface area contributed by atoms with Crippen LogP contribution in [0.1, 0.15) is 18.7 Å². The first-order chi connectivity index (χ1) is 7.20. The molecule has 0 aliphatic carbocycles. The number of thiazole rings is 1. The lowest BCUT2D eigenvalue weighted by atomic mass is 10.2. The molecule has 0 aliphatic rings. The van der Waals surface area contributed by atoms with Crippen molar-refractivity contribution < 1.29 is 13.5 Å². The topological polar surface area (TPSA) is 34.1 Å². The first kappa shape index (κ1) is 12.5. The van der Waals surface area contributed by atoms with Gasteiger partial charge in [0.15, 0.2) is 0 Å². The van der Waals surface area contributed by atoms with Gasteiger partial charge in [-0.15, -0.1) is 11.3 Å². The van der Waals surface area contributed by atoms with Crippen LogP contribution in [-0.2, 0) is 4.74 Å². The van der Waals surface area contributed by atoms with Crippen LogP contribution in [0.2, 0.25) is 0 Å². The van der Waals surface area contributed by atoms with Crippen molar-refractivity contribution in [2.24, 2.45) is 0 Å². The highest BCUT2D eigenvalue weighted by molar-refractivity contribution is 7.07. The highest BCUT2D eigenvalue weighted by atomic mass is 32.1. The number of ether oxygens (including phenoxy) is 1. The highest BCUT2D eigenvalue weighted by Crippen LogP contribution is 2.10. The van der Waals surface area contributed by atoms with Gasteiger partial charge in [-0.05, 0) is 6.92 Å². The summed E-state index contributed by atoms with van der Waals surface area (Å²) in [5, 5.41) is 5.09. The third kappa shape index (κ3) is 5.15. The average Bonchev–Trinajstić information content (AvgIpc) is 2.69. The summed E-state index contributed by atoms with van der Waals surface area (Å²) in [6.07, 6.45) is -2.39. The molecule has 1 heterocycles. The van der Waals surface area contributed by atoms with Gasteiger partial charge in [0.05, 0.1) is 17.8 Å². The lowest BCUT2D eigenvalue weighted by Gasteiger charge is -2.11. The molecule has 0 saturated carbocycles. The zero-order chi connectivity index (χ0) is 11.1. The van der Waals surface area contributed by atoms with Crippen molar-refractivity contribution in [2.45, 2.75) is 19.4 Å². The second kappa shape index (κ2) is 6.81. The van der Waals surface area contributed by atoms with Crippen molar-refractivity contribution in [3.05, 3.63) is 16.6 Å². The van der Waals surface area contributed by atoms with E-state index in [9.17, 15) is 8.78 Å². The third-order valence-electron chi connectivity index (χ3n) is 1.84. The predicted octanol–water partition coefficient (Wildman–Crippen LogP) is 2.08. The lowest BCUT2D eigenvalue weighted by molar-refractivity contribution is 0.0183. The molecule has 1 rings (SSSR count). The Morgan fingerprint density at radius 3 is 3.00 bits per heavy atom. The van der Waals surface area contributed by atoms with Gasteiger partial charge in [0.25, 0.3) is 6.43 Å². The second-order valence-corrected chi connectivity index (χ2v) is 3.77. The predicted molar refractivity (Wildman–Crippen MR) is 55.4 cm³/mol. The third-order valence-corrected chi connectivity index (χ3v) is 2.44. The van der Waals surface area contributed by atoms with Crippen LogP contribution >= 0.6 is 11.3 Å². The Morgan fingerprint density at radius 2 is 2.40 bits per heavy atom. The number of aromatic nitrogens is 1. The van der Waals surface area contributed by atoms with E-state index < -0.39 is 13.0 Å². The van der Waals surface area contributed by atoms with Gasteiger partial charge < -0.3 is 10.1 Å². The molecule has 86 valence electrons. The number of hydrogen-bond donors (Lipinski definition) is 1. The number of halogens is 2. The average molecular weight is 236 g/mol. The minimum atomic E-state index is -2.39. The van der Waals surface area contributed by atoms with Crippen LogP contribution in [0.15, 0.2) is 10.9 Å². The van der Waals surface area contributed by atoms with Gasteiger partial charge in [-0.25, -0.2) is 13.8 Å². The van der Waals surface area contributed by atoms with Crippen molar-refractivity contribution in [2.75, 3.05) is 19.8 Å². The molecular formula is C9H14F2N2OS. The summed E-state index contributed by atoms with van der Waals surface area (Å²) >= 11 is 1.53. The van der Waals surface area contributed by atoms with Gasteiger partial charge in [0, 0.05) is 18.0 Å². The van der Waals surface area contributed by atoms with E-state index >= 15 is 0 Å². The van der Waals surface area contributed by atoms with Crippen LogP contribution in [-0.4, -0.2) is 31.2 Å². The summed E-state index contributed by atoms with van der Waals surface area (Å²) < 4.78 is 28.1. The fourth-order valence-corrected chi connectivity index (χ4v) is 1.71. The summed E-state index contributed by atoms with van der Waals surface area (Å²) in [7, 11) is 0. The quantitative estimate of drug-likeness (QED) is 0.736. The zero-order valence-corrected chi connectivity index (χ0v) is 9.27. The van der Waals surface area contributed by atoms with Crippen LogP contribution in [0.5, 0.6) is 0 Å². The Bertz CT molecular complexity index is 257. The molecule has 1 aromatic rings. The normalized spacial score (nSPS) is 13.3. The molecule has 0 radical (unpaired) electrons. The summed E-state index contributed by atoms with van der Waals surface area (Å²) in [6, 6.07) is 0.131. The summed E-state index contributed by atoms with van der Waals surface area (Å²) in [5.74, 6) is 0. The minimum absolute atomic E-state index is 0.131. The molecule has 1 unspecified atom stereocenters.